The van der Waals surface area contributed by atoms with E-state index in [-0.39, 0.29) is 42.6 Å². The highest BCUT2D eigenvalue weighted by molar-refractivity contribution is 6.34. The van der Waals surface area contributed by atoms with E-state index in [1.165, 1.54) is 25.1 Å². The molecule has 34 heavy (non-hydrogen) atoms. The van der Waals surface area contributed by atoms with Crippen LogP contribution in [-0.2, 0) is 14.3 Å². The van der Waals surface area contributed by atoms with Crippen molar-refractivity contribution in [1.29, 1.82) is 0 Å². The Labute approximate surface area is 201 Å². The standard InChI is InChI=1S/C25H37FN4O4/c1-4-27-25(33)30-15-7-10-21(28-23(31)24(32)29(2)3)22(30)16-34-18-13-11-17(12-14-18)19-8-5-6-9-20(19)26/h5-6,8-9,17-18,21-22H,4,7,10-16H2,1-3H3,(H,27,33)(H,28,31)/t17-,18+,21-,22-/m0/s1. The van der Waals surface area contributed by atoms with Crippen LogP contribution in [0.1, 0.15) is 56.9 Å². The number of rotatable bonds is 6. The van der Waals surface area contributed by atoms with Crippen molar-refractivity contribution in [2.75, 3.05) is 33.8 Å². The normalized spacial score (nSPS) is 24.9. The van der Waals surface area contributed by atoms with Gasteiger partial charge < -0.3 is 25.2 Å². The molecular formula is C25H37FN4O4. The number of piperidine rings is 1. The summed E-state index contributed by atoms with van der Waals surface area (Å²) in [5.74, 6) is -1.27. The van der Waals surface area contributed by atoms with Crippen LogP contribution in [0.3, 0.4) is 0 Å². The van der Waals surface area contributed by atoms with Gasteiger partial charge in [0, 0.05) is 27.2 Å². The van der Waals surface area contributed by atoms with Gasteiger partial charge >= 0.3 is 17.8 Å². The van der Waals surface area contributed by atoms with Gasteiger partial charge in [0.05, 0.1) is 24.8 Å². The van der Waals surface area contributed by atoms with Gasteiger partial charge in [-0.3, -0.25) is 9.59 Å². The van der Waals surface area contributed by atoms with Gasteiger partial charge in [-0.15, -0.1) is 0 Å². The minimum atomic E-state index is -0.678. The molecule has 2 N–H and O–H groups in total. The Hall–Kier alpha value is -2.68. The smallest absolute Gasteiger partial charge is 0.317 e. The first-order chi connectivity index (χ1) is 16.3. The molecular weight excluding hydrogens is 439 g/mol. The summed E-state index contributed by atoms with van der Waals surface area (Å²) in [7, 11) is 3.06. The van der Waals surface area contributed by atoms with Crippen molar-refractivity contribution >= 4 is 17.8 Å². The first-order valence-corrected chi connectivity index (χ1v) is 12.2. The van der Waals surface area contributed by atoms with E-state index in [4.69, 9.17) is 4.74 Å². The topological polar surface area (TPSA) is 91.0 Å². The van der Waals surface area contributed by atoms with E-state index in [1.807, 2.05) is 19.1 Å². The molecule has 3 rings (SSSR count). The molecule has 2 aliphatic rings. The molecule has 188 valence electrons. The third-order valence-corrected chi connectivity index (χ3v) is 6.81. The highest BCUT2D eigenvalue weighted by Crippen LogP contribution is 2.35. The van der Waals surface area contributed by atoms with E-state index in [1.54, 1.807) is 11.0 Å². The van der Waals surface area contributed by atoms with Gasteiger partial charge in [-0.05, 0) is 63.0 Å². The van der Waals surface area contributed by atoms with Crippen LogP contribution < -0.4 is 10.6 Å². The minimum absolute atomic E-state index is 0.0146. The summed E-state index contributed by atoms with van der Waals surface area (Å²) in [5.41, 5.74) is 0.768. The Kier molecular flexibility index (Phi) is 9.27. The van der Waals surface area contributed by atoms with E-state index < -0.39 is 11.8 Å². The number of likely N-dealkylation sites (N-methyl/N-ethyl adjacent to an activating group) is 1. The minimum Gasteiger partial charge on any atom is -0.376 e. The molecule has 0 spiro atoms. The summed E-state index contributed by atoms with van der Waals surface area (Å²) < 4.78 is 20.4. The van der Waals surface area contributed by atoms with E-state index in [0.29, 0.717) is 19.5 Å². The predicted molar refractivity (Wildman–Crippen MR) is 127 cm³/mol. The fraction of sp³-hybridized carbons (Fsp3) is 0.640. The maximum atomic E-state index is 14.2. The number of halogens is 1. The zero-order valence-electron chi connectivity index (χ0n) is 20.4. The third-order valence-electron chi connectivity index (χ3n) is 6.81. The fourth-order valence-corrected chi connectivity index (χ4v) is 4.95. The molecule has 2 fully saturated rings. The number of urea groups is 1. The van der Waals surface area contributed by atoms with Crippen LogP contribution >= 0.6 is 0 Å². The van der Waals surface area contributed by atoms with Crippen LogP contribution in [-0.4, -0.2) is 79.6 Å². The molecule has 4 amide bonds. The van der Waals surface area contributed by atoms with Crippen LogP contribution in [0, 0.1) is 5.82 Å². The number of benzene rings is 1. The second kappa shape index (κ2) is 12.1. The predicted octanol–water partition coefficient (Wildman–Crippen LogP) is 2.64. The number of carbonyl (C=O) groups is 3. The molecule has 1 saturated carbocycles. The van der Waals surface area contributed by atoms with Crippen molar-refractivity contribution in [3.05, 3.63) is 35.6 Å². The number of likely N-dealkylation sites (tertiary alicyclic amines) is 1. The van der Waals surface area contributed by atoms with E-state index in [0.717, 1.165) is 37.7 Å². The summed E-state index contributed by atoms with van der Waals surface area (Å²) in [6, 6.07) is 6.00. The van der Waals surface area contributed by atoms with Crippen LogP contribution in [0.2, 0.25) is 0 Å². The van der Waals surface area contributed by atoms with E-state index in [9.17, 15) is 18.8 Å². The second-order valence-corrected chi connectivity index (χ2v) is 9.35. The SMILES string of the molecule is CCNC(=O)N1CCC[C@H](NC(=O)C(=O)N(C)C)[C@@H]1CO[C@H]1CC[C@@H](c2ccccc2F)CC1. The van der Waals surface area contributed by atoms with Crippen LogP contribution in [0.25, 0.3) is 0 Å². The Bertz CT molecular complexity index is 857. The fourth-order valence-electron chi connectivity index (χ4n) is 4.95. The molecule has 8 nitrogen and oxygen atoms in total. The van der Waals surface area contributed by atoms with Crippen LogP contribution in [0.4, 0.5) is 9.18 Å². The average Bonchev–Trinajstić information content (AvgIpc) is 2.83. The lowest BCUT2D eigenvalue weighted by Gasteiger charge is -2.42. The molecule has 2 atom stereocenters. The lowest BCUT2D eigenvalue weighted by molar-refractivity contribution is -0.145. The third kappa shape index (κ3) is 6.46. The largest absolute Gasteiger partial charge is 0.376 e. The lowest BCUT2D eigenvalue weighted by atomic mass is 9.82. The van der Waals surface area contributed by atoms with Gasteiger partial charge in [0.1, 0.15) is 5.82 Å². The van der Waals surface area contributed by atoms with Crippen molar-refractivity contribution in [2.45, 2.75) is 69.6 Å². The summed E-state index contributed by atoms with van der Waals surface area (Å²) in [6.07, 6.45) is 4.70. The molecule has 1 aliphatic carbocycles. The number of nitrogens with one attached hydrogen (secondary N) is 2. The van der Waals surface area contributed by atoms with Gasteiger partial charge in [-0.2, -0.15) is 0 Å². The number of amides is 4. The zero-order chi connectivity index (χ0) is 24.7. The number of hydrogen-bond donors (Lipinski definition) is 2. The van der Waals surface area contributed by atoms with Crippen molar-refractivity contribution in [3.63, 3.8) is 0 Å². The number of hydrogen-bond acceptors (Lipinski definition) is 4. The Morgan fingerprint density at radius 2 is 1.82 bits per heavy atom. The molecule has 0 radical (unpaired) electrons. The van der Waals surface area contributed by atoms with Gasteiger partial charge in [0.15, 0.2) is 0 Å². The van der Waals surface area contributed by atoms with Gasteiger partial charge in [-0.1, -0.05) is 18.2 Å². The highest BCUT2D eigenvalue weighted by atomic mass is 19.1. The van der Waals surface area contributed by atoms with E-state index in [2.05, 4.69) is 10.6 Å². The van der Waals surface area contributed by atoms with Gasteiger partial charge in [0.25, 0.3) is 0 Å². The highest BCUT2D eigenvalue weighted by Gasteiger charge is 2.37. The Morgan fingerprint density at radius 1 is 1.12 bits per heavy atom. The summed E-state index contributed by atoms with van der Waals surface area (Å²) in [5, 5.41) is 5.66. The first kappa shape index (κ1) is 25.9. The van der Waals surface area contributed by atoms with Gasteiger partial charge in [0.2, 0.25) is 0 Å². The number of carbonyl (C=O) groups excluding carboxylic acids is 3. The average molecular weight is 477 g/mol. The number of ether oxygens (including phenoxy) is 1. The van der Waals surface area contributed by atoms with Crippen molar-refractivity contribution in [2.24, 2.45) is 0 Å². The maximum Gasteiger partial charge on any atom is 0.317 e. The molecule has 0 unspecified atom stereocenters. The summed E-state index contributed by atoms with van der Waals surface area (Å²) in [4.78, 5) is 40.1. The summed E-state index contributed by atoms with van der Waals surface area (Å²) in [6.45, 7) is 3.19. The van der Waals surface area contributed by atoms with Gasteiger partial charge in [-0.25, -0.2) is 9.18 Å². The Morgan fingerprint density at radius 3 is 2.47 bits per heavy atom. The monoisotopic (exact) mass is 476 g/mol. The quantitative estimate of drug-likeness (QED) is 0.618. The van der Waals surface area contributed by atoms with Crippen LogP contribution in [0.15, 0.2) is 24.3 Å². The molecule has 1 aliphatic heterocycles. The second-order valence-electron chi connectivity index (χ2n) is 9.35. The van der Waals surface area contributed by atoms with Crippen molar-refractivity contribution in [3.8, 4) is 0 Å². The van der Waals surface area contributed by atoms with E-state index >= 15 is 0 Å². The van der Waals surface area contributed by atoms with Crippen molar-refractivity contribution < 1.29 is 23.5 Å². The summed E-state index contributed by atoms with van der Waals surface area (Å²) >= 11 is 0. The molecule has 0 bridgehead atoms. The lowest BCUT2D eigenvalue weighted by Crippen LogP contribution is -2.62. The molecule has 0 aromatic heterocycles. The molecule has 9 heteroatoms. The molecule has 1 heterocycles. The molecule has 1 saturated heterocycles. The molecule has 1 aromatic carbocycles. The zero-order valence-corrected chi connectivity index (χ0v) is 20.4. The van der Waals surface area contributed by atoms with Crippen molar-refractivity contribution in [1.82, 2.24) is 20.4 Å². The first-order valence-electron chi connectivity index (χ1n) is 12.2. The van der Waals surface area contributed by atoms with Crippen LogP contribution in [0.5, 0.6) is 0 Å². The number of nitrogens with zero attached hydrogens (tertiary/aromatic N) is 2. The molecule has 1 aromatic rings. The maximum absolute atomic E-state index is 14.2. The Balaban J connectivity index is 1.62.